The van der Waals surface area contributed by atoms with Gasteiger partial charge in [0, 0.05) is 30.7 Å². The lowest BCUT2D eigenvalue weighted by molar-refractivity contribution is -0.118. The topological polar surface area (TPSA) is 54.0 Å². The Morgan fingerprint density at radius 1 is 1.53 bits per heavy atom. The molecule has 0 spiro atoms. The van der Waals surface area contributed by atoms with Crippen LogP contribution >= 0.6 is 15.9 Å². The van der Waals surface area contributed by atoms with Crippen LogP contribution in [0.5, 0.6) is 0 Å². The lowest BCUT2D eigenvalue weighted by atomic mass is 10.3. The average molecular weight is 272 g/mol. The van der Waals surface area contributed by atoms with Crippen molar-refractivity contribution in [3.05, 3.63) is 22.9 Å². The molecule has 1 rings (SSSR count). The van der Waals surface area contributed by atoms with Gasteiger partial charge >= 0.3 is 0 Å². The highest BCUT2D eigenvalue weighted by molar-refractivity contribution is 9.10. The van der Waals surface area contributed by atoms with E-state index in [-0.39, 0.29) is 5.91 Å². The molecule has 0 atom stereocenters. The van der Waals surface area contributed by atoms with E-state index in [1.165, 1.54) is 6.92 Å². The molecule has 5 heteroatoms. The standard InChI is InChI=1S/C10H14BrN3O/c1-8(15)13-4-2-5-14-10-7-12-6-3-9(10)11/h3,6-7,14H,2,4-5H2,1H3,(H,13,15). The van der Waals surface area contributed by atoms with Crippen LogP contribution in [-0.4, -0.2) is 24.0 Å². The predicted octanol–water partition coefficient (Wildman–Crippen LogP) is 1.78. The summed E-state index contributed by atoms with van der Waals surface area (Å²) in [5.74, 6) is 0.0116. The fourth-order valence-corrected chi connectivity index (χ4v) is 1.44. The molecule has 0 aromatic carbocycles. The van der Waals surface area contributed by atoms with E-state index in [4.69, 9.17) is 0 Å². The average Bonchev–Trinajstić information content (AvgIpc) is 2.20. The van der Waals surface area contributed by atoms with Crippen molar-refractivity contribution < 1.29 is 4.79 Å². The van der Waals surface area contributed by atoms with E-state index in [1.54, 1.807) is 12.4 Å². The molecule has 4 nitrogen and oxygen atoms in total. The highest BCUT2D eigenvalue weighted by Gasteiger charge is 1.97. The summed E-state index contributed by atoms with van der Waals surface area (Å²) < 4.78 is 0.997. The van der Waals surface area contributed by atoms with Crippen LogP contribution in [0.3, 0.4) is 0 Å². The Balaban J connectivity index is 2.21. The van der Waals surface area contributed by atoms with Crippen LogP contribution in [0, 0.1) is 0 Å². The third kappa shape index (κ3) is 4.78. The number of hydrogen-bond donors (Lipinski definition) is 2. The number of aromatic nitrogens is 1. The molecule has 0 bridgehead atoms. The quantitative estimate of drug-likeness (QED) is 0.803. The lowest BCUT2D eigenvalue weighted by Crippen LogP contribution is -2.22. The Bertz CT molecular complexity index is 330. The largest absolute Gasteiger partial charge is 0.383 e. The number of anilines is 1. The zero-order valence-electron chi connectivity index (χ0n) is 8.59. The first-order valence-corrected chi connectivity index (χ1v) is 5.57. The minimum Gasteiger partial charge on any atom is -0.383 e. The number of carbonyl (C=O) groups excluding carboxylic acids is 1. The Morgan fingerprint density at radius 3 is 3.00 bits per heavy atom. The lowest BCUT2D eigenvalue weighted by Gasteiger charge is -2.07. The first-order chi connectivity index (χ1) is 7.20. The molecule has 0 radical (unpaired) electrons. The van der Waals surface area contributed by atoms with E-state index in [9.17, 15) is 4.79 Å². The monoisotopic (exact) mass is 271 g/mol. The van der Waals surface area contributed by atoms with Crippen molar-refractivity contribution in [2.45, 2.75) is 13.3 Å². The molecule has 1 heterocycles. The SMILES string of the molecule is CC(=O)NCCCNc1cnccc1Br. The molecule has 15 heavy (non-hydrogen) atoms. The van der Waals surface area contributed by atoms with Crippen molar-refractivity contribution in [1.29, 1.82) is 0 Å². The summed E-state index contributed by atoms with van der Waals surface area (Å²) in [4.78, 5) is 14.6. The second-order valence-corrected chi connectivity index (χ2v) is 3.97. The highest BCUT2D eigenvalue weighted by Crippen LogP contribution is 2.19. The Labute approximate surface area is 97.6 Å². The first-order valence-electron chi connectivity index (χ1n) is 4.78. The summed E-state index contributed by atoms with van der Waals surface area (Å²) >= 11 is 3.42. The Kier molecular flexibility index (Phi) is 5.10. The molecular formula is C10H14BrN3O. The van der Waals surface area contributed by atoms with Gasteiger partial charge in [-0.1, -0.05) is 0 Å². The summed E-state index contributed by atoms with van der Waals surface area (Å²) in [5, 5.41) is 5.97. The van der Waals surface area contributed by atoms with E-state index >= 15 is 0 Å². The summed E-state index contributed by atoms with van der Waals surface area (Å²) in [6.45, 7) is 3.02. The van der Waals surface area contributed by atoms with Crippen molar-refractivity contribution in [3.63, 3.8) is 0 Å². The minimum atomic E-state index is 0.0116. The van der Waals surface area contributed by atoms with E-state index in [0.717, 1.165) is 23.1 Å². The van der Waals surface area contributed by atoms with Crippen LogP contribution < -0.4 is 10.6 Å². The summed E-state index contributed by atoms with van der Waals surface area (Å²) in [5.41, 5.74) is 0.973. The molecule has 1 aromatic heterocycles. The van der Waals surface area contributed by atoms with Crippen LogP contribution in [0.1, 0.15) is 13.3 Å². The summed E-state index contributed by atoms with van der Waals surface area (Å²) in [6, 6.07) is 1.89. The number of halogens is 1. The minimum absolute atomic E-state index is 0.0116. The fourth-order valence-electron chi connectivity index (χ4n) is 1.08. The molecular weight excluding hydrogens is 258 g/mol. The zero-order chi connectivity index (χ0) is 11.1. The molecule has 2 N–H and O–H groups in total. The Morgan fingerprint density at radius 2 is 2.33 bits per heavy atom. The number of carbonyl (C=O) groups is 1. The van der Waals surface area contributed by atoms with E-state index in [0.29, 0.717) is 6.54 Å². The number of amides is 1. The third-order valence-corrected chi connectivity index (χ3v) is 2.50. The van der Waals surface area contributed by atoms with Gasteiger partial charge in [-0.25, -0.2) is 0 Å². The van der Waals surface area contributed by atoms with Gasteiger partial charge in [-0.15, -0.1) is 0 Å². The van der Waals surface area contributed by atoms with Gasteiger partial charge in [-0.2, -0.15) is 0 Å². The predicted molar refractivity (Wildman–Crippen MR) is 63.7 cm³/mol. The molecule has 0 fully saturated rings. The van der Waals surface area contributed by atoms with Gasteiger partial charge in [-0.05, 0) is 28.4 Å². The molecule has 1 amide bonds. The van der Waals surface area contributed by atoms with Crippen molar-refractivity contribution in [3.8, 4) is 0 Å². The number of nitrogens with one attached hydrogen (secondary N) is 2. The molecule has 1 aromatic rings. The van der Waals surface area contributed by atoms with Crippen molar-refractivity contribution in [1.82, 2.24) is 10.3 Å². The molecule has 0 saturated carbocycles. The summed E-state index contributed by atoms with van der Waals surface area (Å²) in [7, 11) is 0. The second-order valence-electron chi connectivity index (χ2n) is 3.12. The van der Waals surface area contributed by atoms with E-state index in [1.807, 2.05) is 6.07 Å². The second kappa shape index (κ2) is 6.40. The molecule has 0 aliphatic carbocycles. The molecule has 0 saturated heterocycles. The molecule has 0 aliphatic heterocycles. The molecule has 82 valence electrons. The van der Waals surface area contributed by atoms with Gasteiger partial charge in [0.2, 0.25) is 5.91 Å². The third-order valence-electron chi connectivity index (χ3n) is 1.81. The highest BCUT2D eigenvalue weighted by atomic mass is 79.9. The Hall–Kier alpha value is -1.10. The molecule has 0 unspecified atom stereocenters. The van der Waals surface area contributed by atoms with Crippen molar-refractivity contribution in [2.24, 2.45) is 0 Å². The number of pyridine rings is 1. The van der Waals surface area contributed by atoms with Crippen molar-refractivity contribution in [2.75, 3.05) is 18.4 Å². The summed E-state index contributed by atoms with van der Waals surface area (Å²) in [6.07, 6.45) is 4.38. The maximum atomic E-state index is 10.6. The molecule has 0 aliphatic rings. The van der Waals surface area contributed by atoms with Crippen LogP contribution in [0.15, 0.2) is 22.9 Å². The maximum Gasteiger partial charge on any atom is 0.216 e. The first kappa shape index (κ1) is 12.0. The van der Waals surface area contributed by atoms with E-state index < -0.39 is 0 Å². The fraction of sp³-hybridized carbons (Fsp3) is 0.400. The zero-order valence-corrected chi connectivity index (χ0v) is 10.2. The van der Waals surface area contributed by atoms with E-state index in [2.05, 4.69) is 31.5 Å². The maximum absolute atomic E-state index is 10.6. The van der Waals surface area contributed by atoms with Gasteiger partial charge in [0.1, 0.15) is 0 Å². The normalized spacial score (nSPS) is 9.73. The van der Waals surface area contributed by atoms with Gasteiger partial charge < -0.3 is 10.6 Å². The van der Waals surface area contributed by atoms with Crippen LogP contribution in [0.25, 0.3) is 0 Å². The number of rotatable bonds is 5. The number of nitrogens with zero attached hydrogens (tertiary/aromatic N) is 1. The van der Waals surface area contributed by atoms with Crippen LogP contribution in [-0.2, 0) is 4.79 Å². The van der Waals surface area contributed by atoms with Gasteiger partial charge in [-0.3, -0.25) is 9.78 Å². The van der Waals surface area contributed by atoms with Crippen molar-refractivity contribution >= 4 is 27.5 Å². The number of hydrogen-bond acceptors (Lipinski definition) is 3. The van der Waals surface area contributed by atoms with Gasteiger partial charge in [0.25, 0.3) is 0 Å². The van der Waals surface area contributed by atoms with Gasteiger partial charge in [0.05, 0.1) is 11.9 Å². The van der Waals surface area contributed by atoms with Crippen LogP contribution in [0.4, 0.5) is 5.69 Å². The smallest absolute Gasteiger partial charge is 0.216 e. The van der Waals surface area contributed by atoms with Crippen LogP contribution in [0.2, 0.25) is 0 Å². The van der Waals surface area contributed by atoms with Gasteiger partial charge in [0.15, 0.2) is 0 Å².